The third-order valence-corrected chi connectivity index (χ3v) is 3.02. The van der Waals surface area contributed by atoms with Gasteiger partial charge in [0.15, 0.2) is 5.82 Å². The summed E-state index contributed by atoms with van der Waals surface area (Å²) in [7, 11) is 0. The van der Waals surface area contributed by atoms with Crippen molar-refractivity contribution in [3.8, 4) is 5.69 Å². The Labute approximate surface area is 117 Å². The normalized spacial score (nSPS) is 12.2. The third-order valence-electron chi connectivity index (χ3n) is 3.02. The van der Waals surface area contributed by atoms with Crippen LogP contribution in [0.4, 0.5) is 21.5 Å². The molecule has 1 aromatic heterocycles. The fraction of sp³-hybridized carbons (Fsp3) is 0. The second kappa shape index (κ2) is 4.75. The molecule has 7 nitrogen and oxygen atoms in total. The Kier molecular flexibility index (Phi) is 2.90. The standard InChI is InChI=1S/C13H9FN4O3/c14-8-7-17(4-1-13(8)19)11-5-9-10(16-3-2-15-9)6-12(11)18(20)21/h1-7,15-16H. The number of hydrogen-bond acceptors (Lipinski definition) is 5. The molecule has 2 aromatic rings. The maximum absolute atomic E-state index is 13.4. The summed E-state index contributed by atoms with van der Waals surface area (Å²) >= 11 is 0. The van der Waals surface area contributed by atoms with Crippen LogP contribution in [0.1, 0.15) is 0 Å². The summed E-state index contributed by atoms with van der Waals surface area (Å²) in [4.78, 5) is 21.7. The monoisotopic (exact) mass is 288 g/mol. The van der Waals surface area contributed by atoms with Crippen molar-refractivity contribution in [2.24, 2.45) is 0 Å². The van der Waals surface area contributed by atoms with E-state index in [1.807, 2.05) is 0 Å². The highest BCUT2D eigenvalue weighted by Gasteiger charge is 2.20. The number of hydrogen-bond donors (Lipinski definition) is 2. The molecule has 0 fully saturated rings. The smallest absolute Gasteiger partial charge is 0.295 e. The molecule has 106 valence electrons. The topological polar surface area (TPSA) is 89.2 Å². The van der Waals surface area contributed by atoms with Gasteiger partial charge in [-0.15, -0.1) is 0 Å². The molecule has 0 unspecified atom stereocenters. The van der Waals surface area contributed by atoms with Gasteiger partial charge in [0.1, 0.15) is 5.69 Å². The van der Waals surface area contributed by atoms with E-state index in [0.717, 1.165) is 12.3 Å². The van der Waals surface area contributed by atoms with E-state index in [-0.39, 0.29) is 11.4 Å². The predicted molar refractivity (Wildman–Crippen MR) is 75.0 cm³/mol. The molecule has 0 radical (unpaired) electrons. The molecule has 1 aliphatic rings. The van der Waals surface area contributed by atoms with E-state index >= 15 is 0 Å². The van der Waals surface area contributed by atoms with Crippen molar-refractivity contribution in [1.82, 2.24) is 4.57 Å². The van der Waals surface area contributed by atoms with Crippen molar-refractivity contribution < 1.29 is 9.31 Å². The van der Waals surface area contributed by atoms with Crippen LogP contribution >= 0.6 is 0 Å². The third kappa shape index (κ3) is 2.22. The number of anilines is 2. The summed E-state index contributed by atoms with van der Waals surface area (Å²) in [5, 5.41) is 17.0. The van der Waals surface area contributed by atoms with E-state index in [4.69, 9.17) is 0 Å². The van der Waals surface area contributed by atoms with Crippen molar-refractivity contribution in [3.63, 3.8) is 0 Å². The SMILES string of the molecule is O=c1ccn(-c2cc3c(cc2[N+](=O)[O-])NC=CN3)cc1F. The van der Waals surface area contributed by atoms with Crippen molar-refractivity contribution in [3.05, 3.63) is 69.1 Å². The van der Waals surface area contributed by atoms with E-state index in [9.17, 15) is 19.3 Å². The van der Waals surface area contributed by atoms with E-state index < -0.39 is 16.2 Å². The van der Waals surface area contributed by atoms with Crippen LogP contribution in [0.25, 0.3) is 5.69 Å². The van der Waals surface area contributed by atoms with Crippen molar-refractivity contribution in [2.75, 3.05) is 10.6 Å². The number of nitro benzene ring substituents is 1. The van der Waals surface area contributed by atoms with E-state index in [1.165, 1.54) is 22.9 Å². The Morgan fingerprint density at radius 1 is 1.19 bits per heavy atom. The average Bonchev–Trinajstić information content (AvgIpc) is 2.48. The molecule has 0 spiro atoms. The van der Waals surface area contributed by atoms with Gasteiger partial charge in [0.25, 0.3) is 5.69 Å². The molecule has 1 aromatic carbocycles. The Bertz CT molecular complexity index is 829. The Morgan fingerprint density at radius 3 is 2.48 bits per heavy atom. The Balaban J connectivity index is 2.23. The van der Waals surface area contributed by atoms with E-state index in [2.05, 4.69) is 10.6 Å². The van der Waals surface area contributed by atoms with Gasteiger partial charge in [0, 0.05) is 36.9 Å². The second-order valence-corrected chi connectivity index (χ2v) is 4.33. The highest BCUT2D eigenvalue weighted by Crippen LogP contribution is 2.34. The number of fused-ring (bicyclic) bond motifs is 1. The minimum absolute atomic E-state index is 0.155. The van der Waals surface area contributed by atoms with Gasteiger partial charge < -0.3 is 15.2 Å². The molecule has 3 rings (SSSR count). The lowest BCUT2D eigenvalue weighted by molar-refractivity contribution is -0.384. The first kappa shape index (κ1) is 12.9. The second-order valence-electron chi connectivity index (χ2n) is 4.33. The molecule has 21 heavy (non-hydrogen) atoms. The molecule has 0 saturated carbocycles. The van der Waals surface area contributed by atoms with Crippen LogP contribution < -0.4 is 16.1 Å². The van der Waals surface area contributed by atoms with Crippen LogP contribution in [0.15, 0.2) is 47.8 Å². The highest BCUT2D eigenvalue weighted by atomic mass is 19.1. The van der Waals surface area contributed by atoms with Gasteiger partial charge in [-0.3, -0.25) is 14.9 Å². The van der Waals surface area contributed by atoms with Crippen LogP contribution in [0, 0.1) is 15.9 Å². The summed E-state index contributed by atoms with van der Waals surface area (Å²) in [6.07, 6.45) is 5.43. The summed E-state index contributed by atoms with van der Waals surface area (Å²) in [5.41, 5.74) is 0.324. The number of nitrogens with one attached hydrogen (secondary N) is 2. The van der Waals surface area contributed by atoms with Gasteiger partial charge >= 0.3 is 0 Å². The molecule has 1 aliphatic heterocycles. The molecule has 2 heterocycles. The average molecular weight is 288 g/mol. The first-order valence-corrected chi connectivity index (χ1v) is 5.95. The summed E-state index contributed by atoms with van der Waals surface area (Å²) in [5.74, 6) is -0.976. The van der Waals surface area contributed by atoms with Gasteiger partial charge in [-0.2, -0.15) is 0 Å². The predicted octanol–water partition coefficient (Wildman–Crippen LogP) is 2.19. The number of pyridine rings is 1. The van der Waals surface area contributed by atoms with Crippen LogP contribution in [0.3, 0.4) is 0 Å². The molecule has 0 saturated heterocycles. The fourth-order valence-electron chi connectivity index (χ4n) is 2.04. The van der Waals surface area contributed by atoms with Gasteiger partial charge in [0.05, 0.1) is 16.3 Å². The molecular weight excluding hydrogens is 279 g/mol. The first-order chi connectivity index (χ1) is 10.1. The molecular formula is C13H9FN4O3. The van der Waals surface area contributed by atoms with Gasteiger partial charge in [-0.1, -0.05) is 0 Å². The summed E-state index contributed by atoms with van der Waals surface area (Å²) in [6.45, 7) is 0. The van der Waals surface area contributed by atoms with Gasteiger partial charge in [-0.05, 0) is 6.07 Å². The minimum Gasteiger partial charge on any atom is -0.359 e. The molecule has 0 bridgehead atoms. The van der Waals surface area contributed by atoms with Crippen molar-refractivity contribution in [1.29, 1.82) is 0 Å². The van der Waals surface area contributed by atoms with Crippen LogP contribution in [0.2, 0.25) is 0 Å². The number of nitrogens with zero attached hydrogens (tertiary/aromatic N) is 2. The van der Waals surface area contributed by atoms with E-state index in [0.29, 0.717) is 11.4 Å². The number of halogens is 1. The van der Waals surface area contributed by atoms with Crippen LogP contribution in [-0.4, -0.2) is 9.49 Å². The number of rotatable bonds is 2. The molecule has 0 amide bonds. The zero-order chi connectivity index (χ0) is 15.0. The number of benzene rings is 1. The zero-order valence-corrected chi connectivity index (χ0v) is 10.5. The summed E-state index contributed by atoms with van der Waals surface area (Å²) in [6, 6.07) is 3.87. The summed E-state index contributed by atoms with van der Waals surface area (Å²) < 4.78 is 14.6. The Morgan fingerprint density at radius 2 is 1.86 bits per heavy atom. The van der Waals surface area contributed by atoms with Crippen LogP contribution in [-0.2, 0) is 0 Å². The van der Waals surface area contributed by atoms with Crippen molar-refractivity contribution in [2.45, 2.75) is 0 Å². The molecule has 0 atom stereocenters. The van der Waals surface area contributed by atoms with E-state index in [1.54, 1.807) is 12.4 Å². The van der Waals surface area contributed by atoms with Crippen molar-refractivity contribution >= 4 is 17.1 Å². The van der Waals surface area contributed by atoms with Gasteiger partial charge in [0.2, 0.25) is 5.43 Å². The Hall–Kier alpha value is -3.16. The van der Waals surface area contributed by atoms with Gasteiger partial charge in [-0.25, -0.2) is 4.39 Å². The maximum atomic E-state index is 13.4. The molecule has 2 N–H and O–H groups in total. The highest BCUT2D eigenvalue weighted by molar-refractivity contribution is 5.80. The first-order valence-electron chi connectivity index (χ1n) is 5.95. The molecule has 8 heteroatoms. The largest absolute Gasteiger partial charge is 0.359 e. The van der Waals surface area contributed by atoms with Crippen LogP contribution in [0.5, 0.6) is 0 Å². The lowest BCUT2D eigenvalue weighted by atomic mass is 10.2. The quantitative estimate of drug-likeness (QED) is 0.653. The maximum Gasteiger partial charge on any atom is 0.295 e. The number of aromatic nitrogens is 1. The lowest BCUT2D eigenvalue weighted by Gasteiger charge is -2.16. The zero-order valence-electron chi connectivity index (χ0n) is 10.5. The lowest BCUT2D eigenvalue weighted by Crippen LogP contribution is -2.11. The fourth-order valence-corrected chi connectivity index (χ4v) is 2.04. The number of nitro groups is 1. The minimum atomic E-state index is -0.976. The molecule has 0 aliphatic carbocycles.